The van der Waals surface area contributed by atoms with E-state index in [0.717, 1.165) is 18.5 Å². The fraction of sp³-hybridized carbons (Fsp3) is 0.500. The van der Waals surface area contributed by atoms with Gasteiger partial charge in [0.25, 0.3) is 0 Å². The largest absolute Gasteiger partial charge is 0.315 e. The summed E-state index contributed by atoms with van der Waals surface area (Å²) in [5.41, 5.74) is 0.768. The van der Waals surface area contributed by atoms with Gasteiger partial charge in [-0.3, -0.25) is 4.98 Å². The van der Waals surface area contributed by atoms with Crippen molar-refractivity contribution in [2.75, 3.05) is 13.1 Å². The van der Waals surface area contributed by atoms with E-state index in [1.165, 1.54) is 0 Å². The second-order valence-corrected chi connectivity index (χ2v) is 6.06. The number of rotatable bonds is 3. The standard InChI is InChI=1S/C10H14N2O2S.ClH/c13-15(14,10-3-5-12-7-10)8-9-2-1-4-11-6-9;/h1-2,4,6,10,12H,3,5,7-8H2;1H. The minimum atomic E-state index is -3.02. The van der Waals surface area contributed by atoms with Gasteiger partial charge >= 0.3 is 0 Å². The highest BCUT2D eigenvalue weighted by Crippen LogP contribution is 2.15. The van der Waals surface area contributed by atoms with E-state index in [0.29, 0.717) is 6.54 Å². The highest BCUT2D eigenvalue weighted by atomic mass is 35.5. The predicted molar refractivity (Wildman–Crippen MR) is 65.4 cm³/mol. The molecule has 1 unspecified atom stereocenters. The van der Waals surface area contributed by atoms with Crippen LogP contribution in [-0.4, -0.2) is 31.7 Å². The van der Waals surface area contributed by atoms with Gasteiger partial charge in [0.1, 0.15) is 0 Å². The first-order valence-electron chi connectivity index (χ1n) is 5.00. The Hall–Kier alpha value is -0.650. The first kappa shape index (κ1) is 13.4. The second-order valence-electron chi connectivity index (χ2n) is 3.78. The topological polar surface area (TPSA) is 59.1 Å². The van der Waals surface area contributed by atoms with Crippen molar-refractivity contribution >= 4 is 22.2 Å². The molecule has 0 bridgehead atoms. The molecule has 2 heterocycles. The molecule has 1 N–H and O–H groups in total. The van der Waals surface area contributed by atoms with Gasteiger partial charge in [0.15, 0.2) is 9.84 Å². The Labute approximate surface area is 102 Å². The highest BCUT2D eigenvalue weighted by molar-refractivity contribution is 7.91. The van der Waals surface area contributed by atoms with Crippen molar-refractivity contribution in [3.05, 3.63) is 30.1 Å². The van der Waals surface area contributed by atoms with Crippen molar-refractivity contribution < 1.29 is 8.42 Å². The van der Waals surface area contributed by atoms with Gasteiger partial charge < -0.3 is 5.32 Å². The van der Waals surface area contributed by atoms with Crippen LogP contribution in [0, 0.1) is 0 Å². The molecule has 1 atom stereocenters. The van der Waals surface area contributed by atoms with Crippen molar-refractivity contribution in [1.29, 1.82) is 0 Å². The molecule has 2 rings (SSSR count). The lowest BCUT2D eigenvalue weighted by molar-refractivity contribution is 0.582. The Morgan fingerprint density at radius 3 is 2.88 bits per heavy atom. The first-order valence-corrected chi connectivity index (χ1v) is 6.71. The SMILES string of the molecule is Cl.O=S(=O)(Cc1cccnc1)C1CCNC1. The summed E-state index contributed by atoms with van der Waals surface area (Å²) in [7, 11) is -3.02. The quantitative estimate of drug-likeness (QED) is 0.875. The molecule has 1 saturated heterocycles. The molecule has 0 radical (unpaired) electrons. The van der Waals surface area contributed by atoms with Crippen LogP contribution in [0.3, 0.4) is 0 Å². The molecule has 1 aromatic heterocycles. The lowest BCUT2D eigenvalue weighted by Crippen LogP contribution is -2.25. The third kappa shape index (κ3) is 3.17. The lowest BCUT2D eigenvalue weighted by Gasteiger charge is -2.09. The monoisotopic (exact) mass is 262 g/mol. The van der Waals surface area contributed by atoms with Crippen molar-refractivity contribution in [2.45, 2.75) is 17.4 Å². The number of nitrogens with one attached hydrogen (secondary N) is 1. The normalized spacial score (nSPS) is 20.4. The van der Waals surface area contributed by atoms with Crippen LogP contribution in [0.25, 0.3) is 0 Å². The molecule has 1 aromatic rings. The fourth-order valence-electron chi connectivity index (χ4n) is 1.77. The number of sulfone groups is 1. The zero-order valence-corrected chi connectivity index (χ0v) is 10.4. The maximum absolute atomic E-state index is 11.9. The number of pyridine rings is 1. The number of nitrogens with zero attached hydrogens (tertiary/aromatic N) is 1. The molecule has 0 aliphatic carbocycles. The lowest BCUT2D eigenvalue weighted by atomic mass is 10.3. The minimum absolute atomic E-state index is 0. The Kier molecular flexibility index (Phi) is 4.70. The summed E-state index contributed by atoms with van der Waals surface area (Å²) in [4.78, 5) is 3.92. The zero-order chi connectivity index (χ0) is 10.7. The van der Waals surface area contributed by atoms with Gasteiger partial charge in [-0.05, 0) is 24.6 Å². The molecular weight excluding hydrogens is 248 g/mol. The summed E-state index contributed by atoms with van der Waals surface area (Å²) in [6.45, 7) is 1.39. The van der Waals surface area contributed by atoms with E-state index in [1.54, 1.807) is 24.5 Å². The molecular formula is C10H15ClN2O2S. The molecule has 1 aliphatic rings. The van der Waals surface area contributed by atoms with E-state index in [-0.39, 0.29) is 23.4 Å². The average molecular weight is 263 g/mol. The summed E-state index contributed by atoms with van der Waals surface area (Å²) in [5, 5.41) is 2.85. The molecule has 16 heavy (non-hydrogen) atoms. The predicted octanol–water partition coefficient (Wildman–Crippen LogP) is 0.780. The maximum Gasteiger partial charge on any atom is 0.158 e. The second kappa shape index (κ2) is 5.61. The van der Waals surface area contributed by atoms with E-state index in [1.807, 2.05) is 0 Å². The van der Waals surface area contributed by atoms with Crippen LogP contribution in [0.5, 0.6) is 0 Å². The van der Waals surface area contributed by atoms with Crippen molar-refractivity contribution in [3.63, 3.8) is 0 Å². The van der Waals surface area contributed by atoms with Gasteiger partial charge in [0.2, 0.25) is 0 Å². The van der Waals surface area contributed by atoms with Gasteiger partial charge in [-0.25, -0.2) is 8.42 Å². The van der Waals surface area contributed by atoms with Crippen molar-refractivity contribution in [2.24, 2.45) is 0 Å². The third-order valence-electron chi connectivity index (χ3n) is 2.61. The maximum atomic E-state index is 11.9. The molecule has 0 spiro atoms. The molecule has 0 amide bonds. The number of halogens is 1. The van der Waals surface area contributed by atoms with Gasteiger partial charge in [-0.2, -0.15) is 0 Å². The molecule has 6 heteroatoms. The molecule has 1 fully saturated rings. The zero-order valence-electron chi connectivity index (χ0n) is 8.80. The van der Waals surface area contributed by atoms with E-state index < -0.39 is 9.84 Å². The van der Waals surface area contributed by atoms with Gasteiger partial charge in [0.05, 0.1) is 11.0 Å². The van der Waals surface area contributed by atoms with Crippen molar-refractivity contribution in [3.8, 4) is 0 Å². The summed E-state index contributed by atoms with van der Waals surface area (Å²) in [5.74, 6) is 0.104. The smallest absolute Gasteiger partial charge is 0.158 e. The van der Waals surface area contributed by atoms with Crippen LogP contribution in [0.2, 0.25) is 0 Å². The third-order valence-corrected chi connectivity index (χ3v) is 4.77. The van der Waals surface area contributed by atoms with Gasteiger partial charge in [0, 0.05) is 18.9 Å². The Morgan fingerprint density at radius 1 is 1.50 bits per heavy atom. The number of hydrogen-bond donors (Lipinski definition) is 1. The van der Waals surface area contributed by atoms with Crippen LogP contribution in [-0.2, 0) is 15.6 Å². The van der Waals surface area contributed by atoms with E-state index in [4.69, 9.17) is 0 Å². The molecule has 1 aliphatic heterocycles. The number of aromatic nitrogens is 1. The van der Waals surface area contributed by atoms with E-state index in [2.05, 4.69) is 10.3 Å². The first-order chi connectivity index (χ1) is 7.18. The van der Waals surface area contributed by atoms with Crippen LogP contribution in [0.15, 0.2) is 24.5 Å². The summed E-state index contributed by atoms with van der Waals surface area (Å²) in [6.07, 6.45) is 3.98. The molecule has 0 aromatic carbocycles. The van der Waals surface area contributed by atoms with Crippen LogP contribution in [0.1, 0.15) is 12.0 Å². The fourth-order valence-corrected chi connectivity index (χ4v) is 3.49. The van der Waals surface area contributed by atoms with E-state index >= 15 is 0 Å². The van der Waals surface area contributed by atoms with Crippen LogP contribution in [0.4, 0.5) is 0 Å². The summed E-state index contributed by atoms with van der Waals surface area (Å²) in [6, 6.07) is 3.56. The highest BCUT2D eigenvalue weighted by Gasteiger charge is 2.28. The summed E-state index contributed by atoms with van der Waals surface area (Å²) >= 11 is 0. The average Bonchev–Trinajstić information content (AvgIpc) is 2.71. The van der Waals surface area contributed by atoms with Crippen LogP contribution < -0.4 is 5.32 Å². The van der Waals surface area contributed by atoms with Crippen molar-refractivity contribution in [1.82, 2.24) is 10.3 Å². The molecule has 4 nitrogen and oxygen atoms in total. The summed E-state index contributed by atoms with van der Waals surface area (Å²) < 4.78 is 23.9. The minimum Gasteiger partial charge on any atom is -0.315 e. The Balaban J connectivity index is 0.00000128. The van der Waals surface area contributed by atoms with Gasteiger partial charge in [-0.15, -0.1) is 12.4 Å². The van der Waals surface area contributed by atoms with Crippen LogP contribution >= 0.6 is 12.4 Å². The Morgan fingerprint density at radius 2 is 2.31 bits per heavy atom. The van der Waals surface area contributed by atoms with Gasteiger partial charge in [-0.1, -0.05) is 6.07 Å². The van der Waals surface area contributed by atoms with E-state index in [9.17, 15) is 8.42 Å². The Bertz CT molecular complexity index is 416. The molecule has 0 saturated carbocycles. The molecule has 90 valence electrons. The number of hydrogen-bond acceptors (Lipinski definition) is 4.